The summed E-state index contributed by atoms with van der Waals surface area (Å²) in [4.78, 5) is 13.1. The molecule has 4 heteroatoms. The van der Waals surface area contributed by atoms with Gasteiger partial charge in [-0.3, -0.25) is 4.79 Å². The van der Waals surface area contributed by atoms with Crippen LogP contribution in [-0.2, 0) is 0 Å². The van der Waals surface area contributed by atoms with Gasteiger partial charge in [-0.25, -0.2) is 0 Å². The van der Waals surface area contributed by atoms with Crippen LogP contribution in [0, 0.1) is 6.92 Å². The van der Waals surface area contributed by atoms with E-state index in [0.717, 1.165) is 5.56 Å². The van der Waals surface area contributed by atoms with Crippen molar-refractivity contribution in [3.63, 3.8) is 0 Å². The molecular formula is C9H14N2O2. The fourth-order valence-electron chi connectivity index (χ4n) is 1.06. The number of carbonyl (C=O) groups is 1. The van der Waals surface area contributed by atoms with Crippen molar-refractivity contribution in [1.82, 2.24) is 4.90 Å². The Balaban J connectivity index is 2.73. The van der Waals surface area contributed by atoms with Gasteiger partial charge in [-0.1, -0.05) is 0 Å². The average Bonchev–Trinajstić information content (AvgIpc) is 2.50. The lowest BCUT2D eigenvalue weighted by Gasteiger charge is -2.14. The number of amides is 1. The minimum absolute atomic E-state index is 0.118. The highest BCUT2D eigenvalue weighted by atomic mass is 16.3. The molecule has 0 saturated heterocycles. The summed E-state index contributed by atoms with van der Waals surface area (Å²) in [5.41, 5.74) is 6.19. The van der Waals surface area contributed by atoms with Crippen molar-refractivity contribution in [2.24, 2.45) is 5.73 Å². The van der Waals surface area contributed by atoms with E-state index in [0.29, 0.717) is 18.8 Å². The van der Waals surface area contributed by atoms with Crippen LogP contribution in [0.15, 0.2) is 16.7 Å². The second-order valence-electron chi connectivity index (χ2n) is 2.95. The molecule has 0 aliphatic heterocycles. The number of likely N-dealkylation sites (N-methyl/N-ethyl adjacent to an activating group) is 1. The summed E-state index contributed by atoms with van der Waals surface area (Å²) >= 11 is 0. The van der Waals surface area contributed by atoms with Crippen molar-refractivity contribution in [2.75, 3.05) is 20.1 Å². The van der Waals surface area contributed by atoms with Crippen molar-refractivity contribution < 1.29 is 9.21 Å². The molecule has 13 heavy (non-hydrogen) atoms. The maximum Gasteiger partial charge on any atom is 0.289 e. The Kier molecular flexibility index (Phi) is 3.08. The summed E-state index contributed by atoms with van der Waals surface area (Å²) in [6.45, 7) is 2.84. The second kappa shape index (κ2) is 4.09. The highest BCUT2D eigenvalue weighted by Gasteiger charge is 2.16. The second-order valence-corrected chi connectivity index (χ2v) is 2.95. The van der Waals surface area contributed by atoms with Gasteiger partial charge in [0.15, 0.2) is 5.76 Å². The number of aryl methyl sites for hydroxylation is 1. The molecular weight excluding hydrogens is 168 g/mol. The van der Waals surface area contributed by atoms with Crippen LogP contribution in [0.1, 0.15) is 16.1 Å². The SMILES string of the molecule is Cc1ccoc1C(=O)N(C)CCN. The number of hydrogen-bond acceptors (Lipinski definition) is 3. The van der Waals surface area contributed by atoms with E-state index in [9.17, 15) is 4.79 Å². The molecule has 0 aliphatic carbocycles. The molecule has 1 heterocycles. The van der Waals surface area contributed by atoms with E-state index in [-0.39, 0.29) is 5.91 Å². The van der Waals surface area contributed by atoms with Gasteiger partial charge >= 0.3 is 0 Å². The van der Waals surface area contributed by atoms with Crippen LogP contribution in [0.3, 0.4) is 0 Å². The lowest BCUT2D eigenvalue weighted by molar-refractivity contribution is 0.0766. The molecule has 2 N–H and O–H groups in total. The topological polar surface area (TPSA) is 59.5 Å². The zero-order valence-corrected chi connectivity index (χ0v) is 7.91. The lowest BCUT2D eigenvalue weighted by Crippen LogP contribution is -2.31. The molecule has 0 bridgehead atoms. The van der Waals surface area contributed by atoms with Gasteiger partial charge in [0.05, 0.1) is 6.26 Å². The maximum absolute atomic E-state index is 11.6. The number of rotatable bonds is 3. The van der Waals surface area contributed by atoms with Gasteiger partial charge in [0.2, 0.25) is 0 Å². The number of nitrogens with two attached hydrogens (primary N) is 1. The fourth-order valence-corrected chi connectivity index (χ4v) is 1.06. The molecule has 1 rings (SSSR count). The van der Waals surface area contributed by atoms with Gasteiger partial charge in [0, 0.05) is 25.7 Å². The average molecular weight is 182 g/mol. The summed E-state index contributed by atoms with van der Waals surface area (Å²) in [6.07, 6.45) is 1.51. The first-order chi connectivity index (χ1) is 6.16. The Morgan fingerprint density at radius 2 is 2.38 bits per heavy atom. The summed E-state index contributed by atoms with van der Waals surface area (Å²) in [5.74, 6) is 0.281. The molecule has 1 aromatic heterocycles. The zero-order valence-electron chi connectivity index (χ0n) is 7.91. The van der Waals surface area contributed by atoms with Gasteiger partial charge in [0.25, 0.3) is 5.91 Å². The van der Waals surface area contributed by atoms with Crippen LogP contribution in [0.4, 0.5) is 0 Å². The third-order valence-electron chi connectivity index (χ3n) is 1.87. The molecule has 0 radical (unpaired) electrons. The maximum atomic E-state index is 11.6. The fraction of sp³-hybridized carbons (Fsp3) is 0.444. The summed E-state index contributed by atoms with van der Waals surface area (Å²) in [7, 11) is 1.71. The third-order valence-corrected chi connectivity index (χ3v) is 1.87. The highest BCUT2D eigenvalue weighted by molar-refractivity contribution is 5.92. The summed E-state index contributed by atoms with van der Waals surface area (Å²) in [6, 6.07) is 1.77. The first-order valence-corrected chi connectivity index (χ1v) is 4.16. The van der Waals surface area contributed by atoms with Crippen LogP contribution in [0.5, 0.6) is 0 Å². The monoisotopic (exact) mass is 182 g/mol. The summed E-state index contributed by atoms with van der Waals surface area (Å²) in [5, 5.41) is 0. The molecule has 0 unspecified atom stereocenters. The largest absolute Gasteiger partial charge is 0.459 e. The Hall–Kier alpha value is -1.29. The van der Waals surface area contributed by atoms with E-state index >= 15 is 0 Å². The Morgan fingerprint density at radius 3 is 2.85 bits per heavy atom. The van der Waals surface area contributed by atoms with Gasteiger partial charge in [-0.05, 0) is 13.0 Å². The predicted octanol–water partition coefficient (Wildman–Crippen LogP) is 0.619. The van der Waals surface area contributed by atoms with Crippen molar-refractivity contribution in [1.29, 1.82) is 0 Å². The van der Waals surface area contributed by atoms with Gasteiger partial charge < -0.3 is 15.1 Å². The minimum atomic E-state index is -0.118. The van der Waals surface area contributed by atoms with E-state index in [4.69, 9.17) is 10.2 Å². The van der Waals surface area contributed by atoms with Crippen LogP contribution in [0.25, 0.3) is 0 Å². The standard InChI is InChI=1S/C9H14N2O2/c1-7-3-6-13-8(7)9(12)11(2)5-4-10/h3,6H,4-5,10H2,1-2H3. The van der Waals surface area contributed by atoms with Crippen LogP contribution in [-0.4, -0.2) is 30.9 Å². The lowest BCUT2D eigenvalue weighted by atomic mass is 10.2. The minimum Gasteiger partial charge on any atom is -0.459 e. The van der Waals surface area contributed by atoms with Crippen molar-refractivity contribution in [3.8, 4) is 0 Å². The van der Waals surface area contributed by atoms with Gasteiger partial charge in [0.1, 0.15) is 0 Å². The van der Waals surface area contributed by atoms with Crippen molar-refractivity contribution in [3.05, 3.63) is 23.7 Å². The van der Waals surface area contributed by atoms with Crippen LogP contribution in [0.2, 0.25) is 0 Å². The molecule has 4 nitrogen and oxygen atoms in total. The number of nitrogens with zero attached hydrogens (tertiary/aromatic N) is 1. The first kappa shape index (κ1) is 9.80. The van der Waals surface area contributed by atoms with E-state index < -0.39 is 0 Å². The van der Waals surface area contributed by atoms with Crippen molar-refractivity contribution in [2.45, 2.75) is 6.92 Å². The smallest absolute Gasteiger partial charge is 0.289 e. The molecule has 1 aromatic rings. The Bertz CT molecular complexity index is 294. The van der Waals surface area contributed by atoms with E-state index in [2.05, 4.69) is 0 Å². The normalized spacial score (nSPS) is 10.1. The number of furan rings is 1. The van der Waals surface area contributed by atoms with Crippen LogP contribution >= 0.6 is 0 Å². The quantitative estimate of drug-likeness (QED) is 0.745. The molecule has 0 aliphatic rings. The predicted molar refractivity (Wildman–Crippen MR) is 49.5 cm³/mol. The van der Waals surface area contributed by atoms with Gasteiger partial charge in [-0.2, -0.15) is 0 Å². The molecule has 1 amide bonds. The highest BCUT2D eigenvalue weighted by Crippen LogP contribution is 2.10. The number of hydrogen-bond donors (Lipinski definition) is 1. The first-order valence-electron chi connectivity index (χ1n) is 4.16. The Labute approximate surface area is 77.3 Å². The molecule has 0 fully saturated rings. The van der Waals surface area contributed by atoms with Crippen molar-refractivity contribution >= 4 is 5.91 Å². The van der Waals surface area contributed by atoms with Crippen LogP contribution < -0.4 is 5.73 Å². The number of carbonyl (C=O) groups excluding carboxylic acids is 1. The summed E-state index contributed by atoms with van der Waals surface area (Å²) < 4.78 is 5.06. The molecule has 0 atom stereocenters. The third kappa shape index (κ3) is 2.09. The Morgan fingerprint density at radius 1 is 1.69 bits per heavy atom. The molecule has 0 aromatic carbocycles. The van der Waals surface area contributed by atoms with E-state index in [1.54, 1.807) is 18.0 Å². The van der Waals surface area contributed by atoms with E-state index in [1.165, 1.54) is 6.26 Å². The molecule has 72 valence electrons. The zero-order chi connectivity index (χ0) is 9.84. The van der Waals surface area contributed by atoms with Gasteiger partial charge in [-0.15, -0.1) is 0 Å². The molecule has 0 spiro atoms. The van der Waals surface area contributed by atoms with E-state index in [1.807, 2.05) is 6.92 Å². The molecule has 0 saturated carbocycles.